The van der Waals surface area contributed by atoms with Crippen molar-refractivity contribution < 1.29 is 27.4 Å². The molecule has 1 aromatic rings. The van der Waals surface area contributed by atoms with Crippen molar-refractivity contribution in [3.8, 4) is 5.75 Å². The lowest BCUT2D eigenvalue weighted by molar-refractivity contribution is -0.143. The van der Waals surface area contributed by atoms with Crippen LogP contribution in [0.2, 0.25) is 0 Å². The highest BCUT2D eigenvalue weighted by Crippen LogP contribution is 2.44. The van der Waals surface area contributed by atoms with Gasteiger partial charge in [-0.3, -0.25) is 4.79 Å². The van der Waals surface area contributed by atoms with Gasteiger partial charge >= 0.3 is 5.97 Å². The van der Waals surface area contributed by atoms with Crippen LogP contribution >= 0.6 is 0 Å². The van der Waals surface area contributed by atoms with Crippen LogP contribution in [0.15, 0.2) is 17.0 Å². The zero-order valence-corrected chi connectivity index (χ0v) is 12.7. The van der Waals surface area contributed by atoms with Crippen molar-refractivity contribution in [1.82, 2.24) is 0 Å². The number of halogens is 1. The second-order valence-corrected chi connectivity index (χ2v) is 7.31. The van der Waals surface area contributed by atoms with Crippen molar-refractivity contribution in [2.75, 3.05) is 13.4 Å². The molecule has 1 fully saturated rings. The first-order valence-electron chi connectivity index (χ1n) is 6.54. The molecule has 21 heavy (non-hydrogen) atoms. The fourth-order valence-corrected chi connectivity index (χ4v) is 3.88. The number of rotatable bonds is 4. The Balaban J connectivity index is 2.68. The lowest BCUT2D eigenvalue weighted by atomic mass is 9.79. The first kappa shape index (κ1) is 15.8. The van der Waals surface area contributed by atoms with Crippen molar-refractivity contribution in [3.05, 3.63) is 23.5 Å². The Bertz CT molecular complexity index is 675. The topological polar surface area (TPSA) is 80.7 Å². The molecule has 0 heterocycles. The van der Waals surface area contributed by atoms with Gasteiger partial charge < -0.3 is 9.84 Å². The van der Waals surface area contributed by atoms with Gasteiger partial charge in [0, 0.05) is 6.26 Å². The summed E-state index contributed by atoms with van der Waals surface area (Å²) in [4.78, 5) is 11.1. The van der Waals surface area contributed by atoms with Crippen LogP contribution in [-0.4, -0.2) is 32.9 Å². The van der Waals surface area contributed by atoms with Gasteiger partial charge in [0.05, 0.1) is 12.5 Å². The summed E-state index contributed by atoms with van der Waals surface area (Å²) in [5.41, 5.74) is -0.904. The first-order valence-corrected chi connectivity index (χ1v) is 8.43. The lowest BCUT2D eigenvalue weighted by Crippen LogP contribution is -2.32. The van der Waals surface area contributed by atoms with E-state index in [-0.39, 0.29) is 11.3 Å². The molecule has 1 saturated carbocycles. The molecular formula is C14H17FO5S. The number of ether oxygens (including phenoxy) is 1. The van der Waals surface area contributed by atoms with Crippen molar-refractivity contribution in [2.45, 2.75) is 36.0 Å². The number of aliphatic carboxylic acids is 1. The fourth-order valence-electron chi connectivity index (χ4n) is 2.96. The maximum atomic E-state index is 14.2. The highest BCUT2D eigenvalue weighted by molar-refractivity contribution is 7.90. The minimum atomic E-state index is -3.80. The molecule has 0 aromatic heterocycles. The molecule has 0 unspecified atom stereocenters. The first-order chi connectivity index (χ1) is 9.72. The van der Waals surface area contributed by atoms with Gasteiger partial charge in [0.15, 0.2) is 9.84 Å². The van der Waals surface area contributed by atoms with E-state index in [2.05, 4.69) is 0 Å². The van der Waals surface area contributed by atoms with E-state index >= 15 is 0 Å². The normalized spacial score (nSPS) is 17.7. The number of carbonyl (C=O) groups is 1. The predicted molar refractivity (Wildman–Crippen MR) is 73.8 cm³/mol. The van der Waals surface area contributed by atoms with E-state index in [1.807, 2.05) is 0 Å². The second-order valence-electron chi connectivity index (χ2n) is 5.36. The van der Waals surface area contributed by atoms with Gasteiger partial charge in [-0.05, 0) is 30.5 Å². The molecular weight excluding hydrogens is 299 g/mol. The fraction of sp³-hybridized carbons (Fsp3) is 0.500. The second kappa shape index (κ2) is 5.29. The summed E-state index contributed by atoms with van der Waals surface area (Å²) in [6.07, 6.45) is 3.18. The Morgan fingerprint density at radius 3 is 2.33 bits per heavy atom. The zero-order chi connectivity index (χ0) is 15.8. The largest absolute Gasteiger partial charge is 0.495 e. The molecule has 2 rings (SSSR count). The molecule has 0 saturated heterocycles. The molecule has 1 aliphatic carbocycles. The third-order valence-corrected chi connectivity index (χ3v) is 5.16. The Labute approximate surface area is 122 Å². The van der Waals surface area contributed by atoms with Gasteiger partial charge in [-0.15, -0.1) is 0 Å². The molecule has 0 amide bonds. The van der Waals surface area contributed by atoms with Crippen molar-refractivity contribution in [1.29, 1.82) is 0 Å². The van der Waals surface area contributed by atoms with Gasteiger partial charge in [-0.2, -0.15) is 0 Å². The van der Waals surface area contributed by atoms with Gasteiger partial charge in [-0.1, -0.05) is 12.8 Å². The molecule has 1 aliphatic rings. The van der Waals surface area contributed by atoms with Gasteiger partial charge in [0.25, 0.3) is 0 Å². The number of carboxylic acid groups (broad SMARTS) is 1. The van der Waals surface area contributed by atoms with E-state index in [0.29, 0.717) is 12.8 Å². The zero-order valence-electron chi connectivity index (χ0n) is 11.8. The van der Waals surface area contributed by atoms with Gasteiger partial charge in [0.2, 0.25) is 0 Å². The Kier molecular flexibility index (Phi) is 3.97. The van der Waals surface area contributed by atoms with Crippen LogP contribution < -0.4 is 4.74 Å². The van der Waals surface area contributed by atoms with Gasteiger partial charge in [-0.25, -0.2) is 12.8 Å². The molecule has 0 aliphatic heterocycles. The summed E-state index contributed by atoms with van der Waals surface area (Å²) in [7, 11) is -2.57. The average molecular weight is 316 g/mol. The molecule has 1 aromatic carbocycles. The number of methoxy groups -OCH3 is 1. The molecule has 1 N–H and O–H groups in total. The monoisotopic (exact) mass is 316 g/mol. The number of carboxylic acids is 1. The summed E-state index contributed by atoms with van der Waals surface area (Å²) >= 11 is 0. The SMILES string of the molecule is COc1cc(C2(C(=O)O)CCCC2)cc(F)c1S(C)(=O)=O. The number of benzene rings is 1. The summed E-state index contributed by atoms with van der Waals surface area (Å²) in [5.74, 6) is -2.15. The third-order valence-electron chi connectivity index (χ3n) is 4.02. The molecule has 7 heteroatoms. The van der Waals surface area contributed by atoms with Crippen LogP contribution in [0, 0.1) is 5.82 Å². The van der Waals surface area contributed by atoms with E-state index in [1.165, 1.54) is 13.2 Å². The summed E-state index contributed by atoms with van der Waals surface area (Å²) in [5, 5.41) is 9.52. The average Bonchev–Trinajstić information content (AvgIpc) is 2.86. The Morgan fingerprint density at radius 1 is 1.33 bits per heavy atom. The molecule has 116 valence electrons. The maximum Gasteiger partial charge on any atom is 0.314 e. The van der Waals surface area contributed by atoms with E-state index in [0.717, 1.165) is 25.2 Å². The van der Waals surface area contributed by atoms with Crippen molar-refractivity contribution in [3.63, 3.8) is 0 Å². The highest BCUT2D eigenvalue weighted by atomic mass is 32.2. The summed E-state index contributed by atoms with van der Waals surface area (Å²) in [6, 6.07) is 2.34. The number of hydrogen-bond acceptors (Lipinski definition) is 4. The van der Waals surface area contributed by atoms with Crippen LogP contribution in [0.25, 0.3) is 0 Å². The van der Waals surface area contributed by atoms with Crippen molar-refractivity contribution in [2.24, 2.45) is 0 Å². The van der Waals surface area contributed by atoms with Crippen LogP contribution in [0.3, 0.4) is 0 Å². The summed E-state index contributed by atoms with van der Waals surface area (Å²) in [6.45, 7) is 0. The standard InChI is InChI=1S/C14H17FO5S/c1-20-11-8-9(7-10(15)12(11)21(2,18)19)14(13(16)17)5-3-4-6-14/h7-8H,3-6H2,1-2H3,(H,16,17). The van der Waals surface area contributed by atoms with Crippen LogP contribution in [0.1, 0.15) is 31.2 Å². The molecule has 5 nitrogen and oxygen atoms in total. The summed E-state index contributed by atoms with van der Waals surface area (Å²) < 4.78 is 42.5. The van der Waals surface area contributed by atoms with Crippen LogP contribution in [-0.2, 0) is 20.0 Å². The van der Waals surface area contributed by atoms with Crippen molar-refractivity contribution >= 4 is 15.8 Å². The van der Waals surface area contributed by atoms with E-state index < -0.39 is 31.9 Å². The third kappa shape index (κ3) is 2.62. The van der Waals surface area contributed by atoms with E-state index in [4.69, 9.17) is 4.74 Å². The smallest absolute Gasteiger partial charge is 0.314 e. The molecule has 0 radical (unpaired) electrons. The predicted octanol–water partition coefficient (Wildman–Crippen LogP) is 2.13. The van der Waals surface area contributed by atoms with E-state index in [1.54, 1.807) is 0 Å². The lowest BCUT2D eigenvalue weighted by Gasteiger charge is -2.25. The number of hydrogen-bond donors (Lipinski definition) is 1. The van der Waals surface area contributed by atoms with Crippen LogP contribution in [0.4, 0.5) is 4.39 Å². The van der Waals surface area contributed by atoms with E-state index in [9.17, 15) is 22.7 Å². The number of sulfone groups is 1. The Hall–Kier alpha value is -1.63. The quantitative estimate of drug-likeness (QED) is 0.920. The molecule has 0 bridgehead atoms. The minimum Gasteiger partial charge on any atom is -0.495 e. The molecule has 0 spiro atoms. The van der Waals surface area contributed by atoms with Crippen LogP contribution in [0.5, 0.6) is 5.75 Å². The minimum absolute atomic E-state index is 0.153. The highest BCUT2D eigenvalue weighted by Gasteiger charge is 2.44. The maximum absolute atomic E-state index is 14.2. The molecule has 0 atom stereocenters. The van der Waals surface area contributed by atoms with Gasteiger partial charge in [0.1, 0.15) is 16.5 Å². The Morgan fingerprint density at radius 2 is 1.90 bits per heavy atom.